The number of nitrogens with one attached hydrogen (secondary N) is 1. The lowest BCUT2D eigenvalue weighted by atomic mass is 9.95. The second-order valence-electron chi connectivity index (χ2n) is 8.46. The van der Waals surface area contributed by atoms with E-state index >= 15 is 0 Å². The maximum Gasteiger partial charge on any atom is 0.271 e. The number of phenolic OH excluding ortho intramolecular Hbond substituents is 1. The van der Waals surface area contributed by atoms with Gasteiger partial charge in [-0.15, -0.1) is 0 Å². The average molecular weight is 512 g/mol. The van der Waals surface area contributed by atoms with Gasteiger partial charge in [0.15, 0.2) is 4.80 Å². The Morgan fingerprint density at radius 1 is 1.08 bits per heavy atom. The quantitative estimate of drug-likeness (QED) is 0.410. The number of aromatic hydroxyl groups is 1. The minimum absolute atomic E-state index is 0.0792. The molecular weight excluding hydrogens is 486 g/mol. The molecule has 0 unspecified atom stereocenters. The van der Waals surface area contributed by atoms with Crippen LogP contribution in [0.15, 0.2) is 99.9 Å². The van der Waals surface area contributed by atoms with Gasteiger partial charge in [-0.25, -0.2) is 4.99 Å². The number of thiazole rings is 1. The van der Waals surface area contributed by atoms with E-state index in [0.717, 1.165) is 5.56 Å². The molecule has 0 bridgehead atoms. The molecule has 4 aromatic rings. The van der Waals surface area contributed by atoms with E-state index in [9.17, 15) is 14.7 Å². The monoisotopic (exact) mass is 511 g/mol. The summed E-state index contributed by atoms with van der Waals surface area (Å²) >= 11 is 1.22. The number of hydrogen-bond donors (Lipinski definition) is 2. The summed E-state index contributed by atoms with van der Waals surface area (Å²) in [6, 6.07) is 22.7. The van der Waals surface area contributed by atoms with Gasteiger partial charge in [-0.05, 0) is 55.8 Å². The fourth-order valence-corrected chi connectivity index (χ4v) is 5.35. The van der Waals surface area contributed by atoms with Crippen LogP contribution in [0, 0.1) is 0 Å². The van der Waals surface area contributed by atoms with E-state index in [-0.39, 0.29) is 17.2 Å². The molecule has 0 saturated carbocycles. The minimum Gasteiger partial charge on any atom is -0.507 e. The number of para-hydroxylation sites is 2. The van der Waals surface area contributed by atoms with Crippen LogP contribution in [0.5, 0.6) is 11.5 Å². The third-order valence-corrected chi connectivity index (χ3v) is 7.01. The summed E-state index contributed by atoms with van der Waals surface area (Å²) < 4.78 is 7.56. The van der Waals surface area contributed by atoms with Crippen molar-refractivity contribution in [3.63, 3.8) is 0 Å². The van der Waals surface area contributed by atoms with Gasteiger partial charge >= 0.3 is 0 Å². The van der Waals surface area contributed by atoms with Crippen molar-refractivity contribution in [2.75, 3.05) is 11.9 Å². The fourth-order valence-electron chi connectivity index (χ4n) is 4.31. The van der Waals surface area contributed by atoms with Crippen LogP contribution in [0.2, 0.25) is 0 Å². The molecule has 0 radical (unpaired) electrons. The predicted molar refractivity (Wildman–Crippen MR) is 145 cm³/mol. The highest BCUT2D eigenvalue weighted by molar-refractivity contribution is 7.07. The Balaban J connectivity index is 1.67. The molecule has 0 aliphatic carbocycles. The number of rotatable bonds is 6. The number of carbonyl (C=O) groups is 1. The van der Waals surface area contributed by atoms with Gasteiger partial charge in [0.05, 0.1) is 28.5 Å². The molecule has 2 N–H and O–H groups in total. The molecule has 1 aliphatic heterocycles. The van der Waals surface area contributed by atoms with Crippen LogP contribution in [0.1, 0.15) is 31.0 Å². The Kier molecular flexibility index (Phi) is 6.74. The van der Waals surface area contributed by atoms with Crippen molar-refractivity contribution in [1.82, 2.24) is 4.57 Å². The van der Waals surface area contributed by atoms with Crippen molar-refractivity contribution in [2.24, 2.45) is 4.99 Å². The van der Waals surface area contributed by atoms with Crippen molar-refractivity contribution >= 4 is 29.0 Å². The molecule has 1 amide bonds. The van der Waals surface area contributed by atoms with Gasteiger partial charge in [-0.3, -0.25) is 14.2 Å². The van der Waals surface area contributed by atoms with E-state index in [2.05, 4.69) is 10.3 Å². The third kappa shape index (κ3) is 4.83. The third-order valence-electron chi connectivity index (χ3n) is 6.03. The summed E-state index contributed by atoms with van der Waals surface area (Å²) in [6.07, 6.45) is 1.65. The molecule has 0 spiro atoms. The minimum atomic E-state index is -0.692. The summed E-state index contributed by atoms with van der Waals surface area (Å²) in [6.45, 7) is 4.22. The Labute approximate surface area is 217 Å². The smallest absolute Gasteiger partial charge is 0.271 e. The lowest BCUT2D eigenvalue weighted by Crippen LogP contribution is -2.40. The zero-order chi connectivity index (χ0) is 25.9. The molecule has 1 atom stereocenters. The average Bonchev–Trinajstić information content (AvgIpc) is 3.20. The molecule has 2 heterocycles. The van der Waals surface area contributed by atoms with Crippen molar-refractivity contribution in [1.29, 1.82) is 0 Å². The van der Waals surface area contributed by atoms with E-state index < -0.39 is 6.04 Å². The Morgan fingerprint density at radius 3 is 2.49 bits per heavy atom. The Bertz CT molecular complexity index is 1670. The summed E-state index contributed by atoms with van der Waals surface area (Å²) in [5.41, 5.74) is 2.56. The number of hydrogen-bond acceptors (Lipinski definition) is 6. The van der Waals surface area contributed by atoms with E-state index in [1.807, 2.05) is 49.4 Å². The van der Waals surface area contributed by atoms with Crippen molar-refractivity contribution in [3.8, 4) is 11.5 Å². The second kappa shape index (κ2) is 10.3. The normalized spacial score (nSPS) is 15.2. The number of ether oxygens (including phenoxy) is 1. The zero-order valence-corrected chi connectivity index (χ0v) is 21.2. The second-order valence-corrected chi connectivity index (χ2v) is 9.47. The number of benzene rings is 3. The topological polar surface area (TPSA) is 92.9 Å². The van der Waals surface area contributed by atoms with Crippen LogP contribution in [-0.4, -0.2) is 22.2 Å². The maximum absolute atomic E-state index is 13.7. The van der Waals surface area contributed by atoms with E-state index in [0.29, 0.717) is 44.2 Å². The van der Waals surface area contributed by atoms with Gasteiger partial charge in [-0.1, -0.05) is 59.9 Å². The van der Waals surface area contributed by atoms with Crippen LogP contribution in [0.4, 0.5) is 5.69 Å². The first-order valence-electron chi connectivity index (χ1n) is 11.9. The van der Waals surface area contributed by atoms with Gasteiger partial charge in [0.1, 0.15) is 11.5 Å². The molecule has 7 nitrogen and oxygen atoms in total. The van der Waals surface area contributed by atoms with E-state index in [1.165, 1.54) is 11.3 Å². The number of anilines is 1. The first kappa shape index (κ1) is 24.3. The summed E-state index contributed by atoms with van der Waals surface area (Å²) in [7, 11) is 0. The highest BCUT2D eigenvalue weighted by Crippen LogP contribution is 2.31. The zero-order valence-electron chi connectivity index (χ0n) is 20.3. The molecule has 8 heteroatoms. The molecule has 1 aliphatic rings. The van der Waals surface area contributed by atoms with Crippen LogP contribution < -0.4 is 24.9 Å². The molecular formula is C29H25N3O4S. The fraction of sp³-hybridized carbons (Fsp3) is 0.138. The summed E-state index contributed by atoms with van der Waals surface area (Å²) in [4.78, 5) is 32.5. The number of nitrogens with zero attached hydrogens (tertiary/aromatic N) is 2. The maximum atomic E-state index is 13.7. The van der Waals surface area contributed by atoms with Gasteiger partial charge in [0.25, 0.3) is 11.5 Å². The lowest BCUT2D eigenvalue weighted by Gasteiger charge is -2.25. The first-order valence-corrected chi connectivity index (χ1v) is 12.7. The Morgan fingerprint density at radius 2 is 1.78 bits per heavy atom. The van der Waals surface area contributed by atoms with Crippen LogP contribution in [-0.2, 0) is 4.79 Å². The molecule has 5 rings (SSSR count). The lowest BCUT2D eigenvalue weighted by molar-refractivity contribution is -0.113. The first-order chi connectivity index (χ1) is 18.0. The standard InChI is InChI=1S/C29H25N3O4S/c1-3-36-22-15-13-19(14-16-22)26-25(27(34)31-21-10-5-4-6-11-21)18(2)30-29-32(26)28(35)24(37-29)17-20-9-7-8-12-23(20)33/h4-17,26,33H,3H2,1-2H3,(H,31,34)/b24-17+/t26-/m1/s1. The van der Waals surface area contributed by atoms with Crippen molar-refractivity contribution in [3.05, 3.63) is 121 Å². The van der Waals surface area contributed by atoms with Gasteiger partial charge < -0.3 is 15.2 Å². The summed E-state index contributed by atoms with van der Waals surface area (Å²) in [5, 5.41) is 13.2. The molecule has 0 fully saturated rings. The van der Waals surface area contributed by atoms with Crippen LogP contribution in [0.3, 0.4) is 0 Å². The molecule has 37 heavy (non-hydrogen) atoms. The van der Waals surface area contributed by atoms with Crippen LogP contribution in [0.25, 0.3) is 6.08 Å². The number of amides is 1. The van der Waals surface area contributed by atoms with E-state index in [4.69, 9.17) is 4.74 Å². The number of carbonyl (C=O) groups excluding carboxylic acids is 1. The predicted octanol–water partition coefficient (Wildman–Crippen LogP) is 3.98. The van der Waals surface area contributed by atoms with Crippen molar-refractivity contribution in [2.45, 2.75) is 19.9 Å². The number of phenols is 1. The highest BCUT2D eigenvalue weighted by Gasteiger charge is 2.32. The van der Waals surface area contributed by atoms with Gasteiger partial charge in [0, 0.05) is 11.3 Å². The molecule has 1 aromatic heterocycles. The Hall–Kier alpha value is -4.43. The molecule has 3 aromatic carbocycles. The van der Waals surface area contributed by atoms with Gasteiger partial charge in [-0.2, -0.15) is 0 Å². The SMILES string of the molecule is CCOc1ccc([C@@H]2C(C(=O)Nc3ccccc3)=C(C)N=c3s/c(=C/c4ccccc4O)c(=O)n32)cc1. The molecule has 0 saturated heterocycles. The number of fused-ring (bicyclic) bond motifs is 1. The summed E-state index contributed by atoms with van der Waals surface area (Å²) in [5.74, 6) is 0.450. The highest BCUT2D eigenvalue weighted by atomic mass is 32.1. The van der Waals surface area contributed by atoms with Gasteiger partial charge in [0.2, 0.25) is 0 Å². The van der Waals surface area contributed by atoms with Crippen molar-refractivity contribution < 1.29 is 14.6 Å². The number of allylic oxidation sites excluding steroid dienone is 1. The molecule has 186 valence electrons. The van der Waals surface area contributed by atoms with Crippen LogP contribution >= 0.6 is 11.3 Å². The largest absolute Gasteiger partial charge is 0.507 e. The number of aromatic nitrogens is 1. The van der Waals surface area contributed by atoms with E-state index in [1.54, 1.807) is 54.0 Å².